The molecule has 6 nitrogen and oxygen atoms in total. The summed E-state index contributed by atoms with van der Waals surface area (Å²) >= 11 is 0. The Morgan fingerprint density at radius 1 is 0.926 bits per heavy atom. The van der Waals surface area contributed by atoms with Crippen LogP contribution in [0.3, 0.4) is 0 Å². The third-order valence-corrected chi connectivity index (χ3v) is 4.30. The zero-order valence-electron chi connectivity index (χ0n) is 14.7. The molecule has 0 atom stereocenters. The van der Waals surface area contributed by atoms with Crippen LogP contribution in [-0.4, -0.2) is 25.2 Å². The van der Waals surface area contributed by atoms with Crippen LogP contribution in [0.1, 0.15) is 21.5 Å². The van der Waals surface area contributed by atoms with Crippen molar-refractivity contribution in [3.63, 3.8) is 0 Å². The van der Waals surface area contributed by atoms with Crippen molar-refractivity contribution in [2.45, 2.75) is 13.1 Å². The molecule has 1 N–H and O–H groups in total. The van der Waals surface area contributed by atoms with E-state index in [1.165, 1.54) is 5.56 Å². The van der Waals surface area contributed by atoms with Gasteiger partial charge in [-0.15, -0.1) is 0 Å². The first-order valence-electron chi connectivity index (χ1n) is 8.70. The van der Waals surface area contributed by atoms with E-state index in [0.717, 1.165) is 17.8 Å². The molecule has 0 saturated carbocycles. The summed E-state index contributed by atoms with van der Waals surface area (Å²) < 4.78 is 3.77. The first-order valence-corrected chi connectivity index (χ1v) is 8.70. The Kier molecular flexibility index (Phi) is 4.78. The molecule has 1 amide bonds. The summed E-state index contributed by atoms with van der Waals surface area (Å²) in [5.74, 6) is -0.0930. The molecular weight excluding hydrogens is 338 g/mol. The highest BCUT2D eigenvalue weighted by atomic mass is 16.1. The van der Waals surface area contributed by atoms with Crippen LogP contribution in [0.25, 0.3) is 5.69 Å². The second kappa shape index (κ2) is 7.70. The number of imidazole rings is 1. The molecule has 6 heteroatoms. The SMILES string of the molecule is O=C(NCc1ccc(Cn2ccnc2)cc1)c1ccc(-n2cccn2)cc1. The summed E-state index contributed by atoms with van der Waals surface area (Å²) in [6.45, 7) is 1.28. The standard InChI is InChI=1S/C21H19N5O/c27-21(19-6-8-20(9-7-19)26-12-1-10-24-26)23-14-17-2-4-18(5-3-17)15-25-13-11-22-16-25/h1-13,16H,14-15H2,(H,23,27). The molecule has 0 spiro atoms. The Morgan fingerprint density at radius 3 is 2.37 bits per heavy atom. The number of nitrogens with one attached hydrogen (secondary N) is 1. The molecule has 27 heavy (non-hydrogen) atoms. The van der Waals surface area contributed by atoms with E-state index in [9.17, 15) is 4.79 Å². The maximum absolute atomic E-state index is 12.4. The molecule has 4 aromatic rings. The summed E-state index contributed by atoms with van der Waals surface area (Å²) in [6, 6.07) is 17.4. The highest BCUT2D eigenvalue weighted by Crippen LogP contribution is 2.10. The van der Waals surface area contributed by atoms with Crippen LogP contribution in [0.2, 0.25) is 0 Å². The summed E-state index contributed by atoms with van der Waals surface area (Å²) in [4.78, 5) is 16.4. The van der Waals surface area contributed by atoms with Crippen LogP contribution in [-0.2, 0) is 13.1 Å². The fourth-order valence-corrected chi connectivity index (χ4v) is 2.83. The first kappa shape index (κ1) is 16.8. The molecule has 0 fully saturated rings. The van der Waals surface area contributed by atoms with Crippen LogP contribution in [0, 0.1) is 0 Å². The fraction of sp³-hybridized carbons (Fsp3) is 0.0952. The monoisotopic (exact) mass is 357 g/mol. The second-order valence-electron chi connectivity index (χ2n) is 6.23. The number of amides is 1. The molecule has 2 heterocycles. The van der Waals surface area contributed by atoms with Crippen molar-refractivity contribution in [2.75, 3.05) is 0 Å². The summed E-state index contributed by atoms with van der Waals surface area (Å²) in [6.07, 6.45) is 9.09. The van der Waals surface area contributed by atoms with Crippen molar-refractivity contribution in [3.8, 4) is 5.69 Å². The van der Waals surface area contributed by atoms with Gasteiger partial charge < -0.3 is 9.88 Å². The maximum atomic E-state index is 12.4. The quantitative estimate of drug-likeness (QED) is 0.577. The highest BCUT2D eigenvalue weighted by Gasteiger charge is 2.06. The largest absolute Gasteiger partial charge is 0.348 e. The molecule has 2 aromatic carbocycles. The molecule has 0 aliphatic carbocycles. The van der Waals surface area contributed by atoms with Crippen LogP contribution in [0.5, 0.6) is 0 Å². The number of aromatic nitrogens is 4. The predicted molar refractivity (Wildman–Crippen MR) is 103 cm³/mol. The topological polar surface area (TPSA) is 64.7 Å². The Labute approximate surface area is 157 Å². The predicted octanol–water partition coefficient (Wildman–Crippen LogP) is 3.05. The van der Waals surface area contributed by atoms with Crippen LogP contribution >= 0.6 is 0 Å². The van der Waals surface area contributed by atoms with E-state index in [0.29, 0.717) is 12.1 Å². The Balaban J connectivity index is 1.33. The normalized spacial score (nSPS) is 10.7. The number of hydrogen-bond donors (Lipinski definition) is 1. The van der Waals surface area contributed by atoms with Gasteiger partial charge in [0.25, 0.3) is 5.91 Å². The zero-order valence-corrected chi connectivity index (χ0v) is 14.7. The lowest BCUT2D eigenvalue weighted by molar-refractivity contribution is 0.0951. The average Bonchev–Trinajstić information content (AvgIpc) is 3.42. The molecule has 0 unspecified atom stereocenters. The van der Waals surface area contributed by atoms with E-state index in [1.807, 2.05) is 47.3 Å². The summed E-state index contributed by atoms with van der Waals surface area (Å²) in [5, 5.41) is 7.14. The van der Waals surface area contributed by atoms with E-state index in [1.54, 1.807) is 35.5 Å². The molecule has 0 aliphatic heterocycles. The minimum absolute atomic E-state index is 0.0930. The summed E-state index contributed by atoms with van der Waals surface area (Å²) in [5.41, 5.74) is 3.80. The van der Waals surface area contributed by atoms with Gasteiger partial charge in [-0.2, -0.15) is 5.10 Å². The van der Waals surface area contributed by atoms with Gasteiger partial charge in [0.05, 0.1) is 12.0 Å². The lowest BCUT2D eigenvalue weighted by Crippen LogP contribution is -2.22. The second-order valence-corrected chi connectivity index (χ2v) is 6.23. The van der Waals surface area contributed by atoms with Gasteiger partial charge in [0.15, 0.2) is 0 Å². The van der Waals surface area contributed by atoms with E-state index in [2.05, 4.69) is 27.5 Å². The van der Waals surface area contributed by atoms with Crippen molar-refractivity contribution in [3.05, 3.63) is 102 Å². The van der Waals surface area contributed by atoms with E-state index in [-0.39, 0.29) is 5.91 Å². The molecule has 0 aliphatic rings. The molecule has 0 bridgehead atoms. The molecule has 4 rings (SSSR count). The van der Waals surface area contributed by atoms with Crippen LogP contribution in [0.4, 0.5) is 0 Å². The zero-order chi connectivity index (χ0) is 18.5. The van der Waals surface area contributed by atoms with Gasteiger partial charge in [-0.1, -0.05) is 24.3 Å². The Hall–Kier alpha value is -3.67. The van der Waals surface area contributed by atoms with Crippen molar-refractivity contribution in [2.24, 2.45) is 0 Å². The maximum Gasteiger partial charge on any atom is 0.251 e. The van der Waals surface area contributed by atoms with Gasteiger partial charge >= 0.3 is 0 Å². The third kappa shape index (κ3) is 4.12. The number of nitrogens with zero attached hydrogens (tertiary/aromatic N) is 4. The smallest absolute Gasteiger partial charge is 0.251 e. The van der Waals surface area contributed by atoms with Gasteiger partial charge in [-0.05, 0) is 41.5 Å². The van der Waals surface area contributed by atoms with Gasteiger partial charge in [0.2, 0.25) is 0 Å². The number of rotatable bonds is 6. The number of carbonyl (C=O) groups excluding carboxylic acids is 1. The highest BCUT2D eigenvalue weighted by molar-refractivity contribution is 5.94. The Bertz CT molecular complexity index is 988. The number of hydrogen-bond acceptors (Lipinski definition) is 3. The van der Waals surface area contributed by atoms with E-state index >= 15 is 0 Å². The third-order valence-electron chi connectivity index (χ3n) is 4.30. The van der Waals surface area contributed by atoms with Gasteiger partial charge in [-0.25, -0.2) is 9.67 Å². The van der Waals surface area contributed by atoms with Crippen molar-refractivity contribution >= 4 is 5.91 Å². The van der Waals surface area contributed by atoms with Gasteiger partial charge in [0, 0.05) is 43.4 Å². The molecular formula is C21H19N5O. The molecule has 2 aromatic heterocycles. The van der Waals surface area contributed by atoms with Crippen LogP contribution in [0.15, 0.2) is 85.7 Å². The van der Waals surface area contributed by atoms with Crippen molar-refractivity contribution in [1.29, 1.82) is 0 Å². The van der Waals surface area contributed by atoms with Crippen molar-refractivity contribution in [1.82, 2.24) is 24.6 Å². The molecule has 134 valence electrons. The number of carbonyl (C=O) groups is 1. The van der Waals surface area contributed by atoms with Gasteiger partial charge in [0.1, 0.15) is 0 Å². The van der Waals surface area contributed by atoms with Gasteiger partial charge in [-0.3, -0.25) is 4.79 Å². The minimum Gasteiger partial charge on any atom is -0.348 e. The minimum atomic E-state index is -0.0930. The molecule has 0 radical (unpaired) electrons. The average molecular weight is 357 g/mol. The lowest BCUT2D eigenvalue weighted by atomic mass is 10.1. The van der Waals surface area contributed by atoms with E-state index in [4.69, 9.17) is 0 Å². The lowest BCUT2D eigenvalue weighted by Gasteiger charge is -2.08. The molecule has 0 saturated heterocycles. The summed E-state index contributed by atoms with van der Waals surface area (Å²) in [7, 11) is 0. The fourth-order valence-electron chi connectivity index (χ4n) is 2.83. The van der Waals surface area contributed by atoms with Crippen molar-refractivity contribution < 1.29 is 4.79 Å². The van der Waals surface area contributed by atoms with E-state index < -0.39 is 0 Å². The Morgan fingerprint density at radius 2 is 1.70 bits per heavy atom. The van der Waals surface area contributed by atoms with Crippen LogP contribution < -0.4 is 5.32 Å². The first-order chi connectivity index (χ1) is 13.3. The number of benzene rings is 2.